The Labute approximate surface area is 132 Å². The zero-order valence-electron chi connectivity index (χ0n) is 11.4. The predicted molar refractivity (Wildman–Crippen MR) is 77.9 cm³/mol. The first kappa shape index (κ1) is 15.6. The van der Waals surface area contributed by atoms with Gasteiger partial charge in [-0.2, -0.15) is 0 Å². The molecule has 0 aliphatic carbocycles. The molecule has 0 amide bonds. The zero-order valence-corrected chi connectivity index (χ0v) is 12.2. The van der Waals surface area contributed by atoms with E-state index in [1.165, 1.54) is 11.4 Å². The van der Waals surface area contributed by atoms with Crippen LogP contribution in [-0.2, 0) is 0 Å². The average Bonchev–Trinajstić information content (AvgIpc) is 2.98. The molecule has 0 bridgehead atoms. The van der Waals surface area contributed by atoms with Gasteiger partial charge in [0, 0.05) is 17.0 Å². The molecule has 0 aliphatic rings. The van der Waals surface area contributed by atoms with Crippen molar-refractivity contribution in [1.29, 1.82) is 0 Å². The van der Waals surface area contributed by atoms with Crippen molar-refractivity contribution in [1.82, 2.24) is 4.98 Å². The van der Waals surface area contributed by atoms with Crippen molar-refractivity contribution in [3.05, 3.63) is 75.6 Å². The van der Waals surface area contributed by atoms with Crippen molar-refractivity contribution in [3.8, 4) is 11.3 Å². The van der Waals surface area contributed by atoms with Crippen LogP contribution in [0.5, 0.6) is 0 Å². The molecule has 7 heteroatoms. The van der Waals surface area contributed by atoms with E-state index in [0.29, 0.717) is 0 Å². The number of nitrogens with zero attached hydrogens (tertiary/aromatic N) is 1. The van der Waals surface area contributed by atoms with E-state index in [1.807, 2.05) is 0 Å². The molecule has 1 atom stereocenters. The fourth-order valence-electron chi connectivity index (χ4n) is 2.07. The number of aliphatic hydroxyl groups is 1. The monoisotopic (exact) mass is 339 g/mol. The summed E-state index contributed by atoms with van der Waals surface area (Å²) in [6.07, 6.45) is -1.26. The topological polar surface area (TPSA) is 33.1 Å². The molecule has 0 saturated heterocycles. The summed E-state index contributed by atoms with van der Waals surface area (Å²) in [6, 6.07) is 6.00. The highest BCUT2D eigenvalue weighted by molar-refractivity contribution is 7.10. The standard InChI is InChI=1S/C16H9F4NOS/c17-10-3-9(4-11(18)6-10)14-7-23-16(21-14)15(22)8-1-2-12(19)13(20)5-8/h1-7,15,22H. The minimum absolute atomic E-state index is 0.134. The van der Waals surface area contributed by atoms with Gasteiger partial charge in [-0.05, 0) is 29.8 Å². The highest BCUT2D eigenvalue weighted by Gasteiger charge is 2.17. The molecule has 0 spiro atoms. The molecule has 1 unspecified atom stereocenters. The maximum atomic E-state index is 13.2. The lowest BCUT2D eigenvalue weighted by atomic mass is 10.1. The third-order valence-corrected chi connectivity index (χ3v) is 4.07. The van der Waals surface area contributed by atoms with Crippen LogP contribution >= 0.6 is 11.3 Å². The molecule has 3 rings (SSSR count). The van der Waals surface area contributed by atoms with Crippen molar-refractivity contribution < 1.29 is 22.7 Å². The predicted octanol–water partition coefficient (Wildman–Crippen LogP) is 4.45. The second-order valence-corrected chi connectivity index (χ2v) is 5.69. The lowest BCUT2D eigenvalue weighted by Crippen LogP contribution is -2.00. The Bertz CT molecular complexity index is 845. The molecule has 23 heavy (non-hydrogen) atoms. The van der Waals surface area contributed by atoms with E-state index in [2.05, 4.69) is 4.98 Å². The van der Waals surface area contributed by atoms with Gasteiger partial charge in [0.05, 0.1) is 5.69 Å². The van der Waals surface area contributed by atoms with Crippen LogP contribution < -0.4 is 0 Å². The van der Waals surface area contributed by atoms with E-state index in [-0.39, 0.29) is 21.8 Å². The van der Waals surface area contributed by atoms with Crippen molar-refractivity contribution in [2.75, 3.05) is 0 Å². The van der Waals surface area contributed by atoms with Gasteiger partial charge >= 0.3 is 0 Å². The second-order valence-electron chi connectivity index (χ2n) is 4.81. The van der Waals surface area contributed by atoms with Gasteiger partial charge in [0.1, 0.15) is 22.7 Å². The third-order valence-electron chi connectivity index (χ3n) is 3.17. The first-order valence-electron chi connectivity index (χ1n) is 6.49. The maximum Gasteiger partial charge on any atom is 0.159 e. The van der Waals surface area contributed by atoms with Gasteiger partial charge in [-0.3, -0.25) is 0 Å². The summed E-state index contributed by atoms with van der Waals surface area (Å²) in [4.78, 5) is 4.11. The summed E-state index contributed by atoms with van der Waals surface area (Å²) in [7, 11) is 0. The highest BCUT2D eigenvalue weighted by atomic mass is 32.1. The average molecular weight is 339 g/mol. The third kappa shape index (κ3) is 3.25. The summed E-state index contributed by atoms with van der Waals surface area (Å²) >= 11 is 1.05. The fraction of sp³-hybridized carbons (Fsp3) is 0.0625. The van der Waals surface area contributed by atoms with Crippen molar-refractivity contribution in [2.45, 2.75) is 6.10 Å². The summed E-state index contributed by atoms with van der Waals surface area (Å²) < 4.78 is 52.6. The highest BCUT2D eigenvalue weighted by Crippen LogP contribution is 2.30. The maximum absolute atomic E-state index is 13.2. The number of benzene rings is 2. The summed E-state index contributed by atoms with van der Waals surface area (Å²) in [6.45, 7) is 0. The lowest BCUT2D eigenvalue weighted by Gasteiger charge is -2.08. The van der Waals surface area contributed by atoms with Crippen molar-refractivity contribution in [2.24, 2.45) is 0 Å². The van der Waals surface area contributed by atoms with Crippen LogP contribution in [0.15, 0.2) is 41.8 Å². The summed E-state index contributed by atoms with van der Waals surface area (Å²) in [5.74, 6) is -3.58. The van der Waals surface area contributed by atoms with Gasteiger partial charge in [-0.25, -0.2) is 22.5 Å². The van der Waals surface area contributed by atoms with E-state index in [1.54, 1.807) is 0 Å². The van der Waals surface area contributed by atoms with Gasteiger partial charge in [-0.15, -0.1) is 11.3 Å². The molecule has 0 radical (unpaired) electrons. The van der Waals surface area contributed by atoms with Gasteiger partial charge in [0.15, 0.2) is 11.6 Å². The summed E-state index contributed by atoms with van der Waals surface area (Å²) in [5.41, 5.74) is 0.641. The van der Waals surface area contributed by atoms with E-state index >= 15 is 0 Å². The Hall–Kier alpha value is -2.25. The van der Waals surface area contributed by atoms with Gasteiger partial charge < -0.3 is 5.11 Å². The van der Waals surface area contributed by atoms with E-state index in [4.69, 9.17) is 0 Å². The van der Waals surface area contributed by atoms with Crippen LogP contribution in [0.2, 0.25) is 0 Å². The van der Waals surface area contributed by atoms with Crippen molar-refractivity contribution in [3.63, 3.8) is 0 Å². The van der Waals surface area contributed by atoms with E-state index < -0.39 is 29.4 Å². The Morgan fingerprint density at radius 2 is 1.61 bits per heavy atom. The van der Waals surface area contributed by atoms with Crippen LogP contribution in [0, 0.1) is 23.3 Å². The Morgan fingerprint density at radius 1 is 0.913 bits per heavy atom. The van der Waals surface area contributed by atoms with Gasteiger partial charge in [0.2, 0.25) is 0 Å². The molecular formula is C16H9F4NOS. The number of hydrogen-bond donors (Lipinski definition) is 1. The Balaban J connectivity index is 1.93. The molecule has 0 saturated carbocycles. The van der Waals surface area contributed by atoms with Crippen LogP contribution in [-0.4, -0.2) is 10.1 Å². The molecule has 2 aromatic carbocycles. The van der Waals surface area contributed by atoms with E-state index in [9.17, 15) is 22.7 Å². The van der Waals surface area contributed by atoms with Gasteiger partial charge in [-0.1, -0.05) is 6.07 Å². The lowest BCUT2D eigenvalue weighted by molar-refractivity contribution is 0.219. The number of aliphatic hydroxyl groups excluding tert-OH is 1. The first-order valence-corrected chi connectivity index (χ1v) is 7.37. The molecule has 0 aliphatic heterocycles. The largest absolute Gasteiger partial charge is 0.381 e. The SMILES string of the molecule is OC(c1ccc(F)c(F)c1)c1nc(-c2cc(F)cc(F)c2)cs1. The Morgan fingerprint density at radius 3 is 2.26 bits per heavy atom. The molecule has 118 valence electrons. The van der Waals surface area contributed by atoms with Gasteiger partial charge in [0.25, 0.3) is 0 Å². The molecule has 2 nitrogen and oxygen atoms in total. The number of halogens is 4. The first-order chi connectivity index (χ1) is 10.9. The van der Waals surface area contributed by atoms with Crippen molar-refractivity contribution >= 4 is 11.3 Å². The van der Waals surface area contributed by atoms with Crippen LogP contribution in [0.3, 0.4) is 0 Å². The summed E-state index contributed by atoms with van der Waals surface area (Å²) in [5, 5.41) is 11.9. The molecule has 1 N–H and O–H groups in total. The number of rotatable bonds is 3. The number of thiazole rings is 1. The number of aromatic nitrogens is 1. The molecule has 0 fully saturated rings. The Kier molecular flexibility index (Phi) is 4.14. The zero-order chi connectivity index (χ0) is 16.6. The number of hydrogen-bond acceptors (Lipinski definition) is 3. The fourth-order valence-corrected chi connectivity index (χ4v) is 2.91. The normalized spacial score (nSPS) is 12.4. The molecule has 3 aromatic rings. The molecule has 1 heterocycles. The van der Waals surface area contributed by atoms with Crippen LogP contribution in [0.25, 0.3) is 11.3 Å². The minimum Gasteiger partial charge on any atom is -0.381 e. The van der Waals surface area contributed by atoms with Crippen LogP contribution in [0.1, 0.15) is 16.7 Å². The van der Waals surface area contributed by atoms with Crippen LogP contribution in [0.4, 0.5) is 17.6 Å². The molecule has 1 aromatic heterocycles. The quantitative estimate of drug-likeness (QED) is 0.715. The van der Waals surface area contributed by atoms with E-state index in [0.717, 1.165) is 41.7 Å². The molecular weight excluding hydrogens is 330 g/mol. The smallest absolute Gasteiger partial charge is 0.159 e. The second kappa shape index (κ2) is 6.10. The minimum atomic E-state index is -1.26.